The van der Waals surface area contributed by atoms with Crippen molar-refractivity contribution in [1.29, 1.82) is 0 Å². The number of esters is 1. The monoisotopic (exact) mass is 264 g/mol. The third kappa shape index (κ3) is 3.25. The number of alkyl halides is 3. The maximum atomic E-state index is 12.2. The lowest BCUT2D eigenvalue weighted by Crippen LogP contribution is -2.31. The Morgan fingerprint density at radius 3 is 2.50 bits per heavy atom. The molecule has 0 aliphatic carbocycles. The molecule has 0 radical (unpaired) electrons. The molecule has 0 saturated carbocycles. The molecular formula is C10H11F3N2O3. The molecule has 0 aliphatic rings. The Balaban J connectivity index is 2.89. The minimum Gasteiger partial charge on any atom is -0.465 e. The van der Waals surface area contributed by atoms with Crippen molar-refractivity contribution >= 4 is 11.8 Å². The third-order valence-corrected chi connectivity index (χ3v) is 2.06. The third-order valence-electron chi connectivity index (χ3n) is 2.06. The molecule has 0 bridgehead atoms. The summed E-state index contributed by atoms with van der Waals surface area (Å²) in [5.41, 5.74) is 5.37. The van der Waals surface area contributed by atoms with Crippen LogP contribution in [-0.4, -0.2) is 30.3 Å². The molecule has 5 nitrogen and oxygen atoms in total. The molecule has 1 rings (SSSR count). The Morgan fingerprint density at radius 1 is 1.44 bits per heavy atom. The van der Waals surface area contributed by atoms with Crippen LogP contribution in [0.25, 0.3) is 0 Å². The van der Waals surface area contributed by atoms with Gasteiger partial charge in [-0.1, -0.05) is 0 Å². The molecule has 1 unspecified atom stereocenters. The van der Waals surface area contributed by atoms with Crippen LogP contribution >= 0.6 is 0 Å². The van der Waals surface area contributed by atoms with Crippen molar-refractivity contribution < 1.29 is 27.4 Å². The van der Waals surface area contributed by atoms with E-state index in [-0.39, 0.29) is 17.3 Å². The van der Waals surface area contributed by atoms with Crippen LogP contribution in [0.2, 0.25) is 0 Å². The first-order valence-corrected chi connectivity index (χ1v) is 4.84. The Kier molecular flexibility index (Phi) is 4.00. The Morgan fingerprint density at radius 2 is 2.06 bits per heavy atom. The van der Waals surface area contributed by atoms with E-state index in [1.54, 1.807) is 0 Å². The van der Waals surface area contributed by atoms with Crippen LogP contribution in [0.15, 0.2) is 12.1 Å². The van der Waals surface area contributed by atoms with Gasteiger partial charge in [0.1, 0.15) is 11.4 Å². The lowest BCUT2D eigenvalue weighted by atomic mass is 10.2. The van der Waals surface area contributed by atoms with E-state index in [2.05, 4.69) is 14.5 Å². The fourth-order valence-electron chi connectivity index (χ4n) is 1.05. The summed E-state index contributed by atoms with van der Waals surface area (Å²) in [6, 6.07) is 2.30. The smallest absolute Gasteiger partial charge is 0.425 e. The zero-order valence-corrected chi connectivity index (χ0v) is 9.62. The van der Waals surface area contributed by atoms with Gasteiger partial charge in [-0.3, -0.25) is 0 Å². The van der Waals surface area contributed by atoms with E-state index < -0.39 is 18.2 Å². The second-order valence-electron chi connectivity index (χ2n) is 3.38. The number of nitrogens with two attached hydrogens (primary N) is 1. The number of hydrogen-bond donors (Lipinski definition) is 1. The first-order chi connectivity index (χ1) is 8.25. The number of halogens is 3. The molecule has 2 N–H and O–H groups in total. The van der Waals surface area contributed by atoms with E-state index >= 15 is 0 Å². The number of rotatable bonds is 3. The van der Waals surface area contributed by atoms with Gasteiger partial charge >= 0.3 is 12.1 Å². The number of anilines is 1. The highest BCUT2D eigenvalue weighted by atomic mass is 19.4. The van der Waals surface area contributed by atoms with Crippen molar-refractivity contribution in [2.24, 2.45) is 0 Å². The van der Waals surface area contributed by atoms with Crippen LogP contribution in [-0.2, 0) is 4.74 Å². The van der Waals surface area contributed by atoms with Crippen LogP contribution in [0.5, 0.6) is 5.88 Å². The molecule has 0 aromatic carbocycles. The number of carbonyl (C=O) groups excluding carboxylic acids is 1. The predicted octanol–water partition coefficient (Wildman–Crippen LogP) is 1.78. The standard InChI is InChI=1S/C10H11F3N2O3/c1-5(10(11,12)13)18-7-4-3-6(8(14)15-7)9(16)17-2/h3-5H,1-2H3,(H2,14,15). The molecule has 1 aromatic rings. The maximum Gasteiger partial charge on any atom is 0.425 e. The summed E-state index contributed by atoms with van der Waals surface area (Å²) in [5.74, 6) is -1.30. The Bertz CT molecular complexity index is 448. The van der Waals surface area contributed by atoms with Crippen LogP contribution in [0.1, 0.15) is 17.3 Å². The van der Waals surface area contributed by atoms with Crippen LogP contribution in [0.4, 0.5) is 19.0 Å². The van der Waals surface area contributed by atoms with Crippen LogP contribution in [0, 0.1) is 0 Å². The molecule has 1 heterocycles. The zero-order chi connectivity index (χ0) is 13.9. The molecule has 100 valence electrons. The van der Waals surface area contributed by atoms with Crippen molar-refractivity contribution in [3.8, 4) is 5.88 Å². The molecule has 0 aliphatic heterocycles. The summed E-state index contributed by atoms with van der Waals surface area (Å²) < 4.78 is 45.7. The first kappa shape index (κ1) is 14.1. The van der Waals surface area contributed by atoms with Crippen LogP contribution < -0.4 is 10.5 Å². The topological polar surface area (TPSA) is 74.4 Å². The molecule has 0 fully saturated rings. The van der Waals surface area contributed by atoms with E-state index in [9.17, 15) is 18.0 Å². The van der Waals surface area contributed by atoms with Gasteiger partial charge < -0.3 is 15.2 Å². The van der Waals surface area contributed by atoms with Crippen molar-refractivity contribution in [3.05, 3.63) is 17.7 Å². The number of nitrogens with zero attached hydrogens (tertiary/aromatic N) is 1. The largest absolute Gasteiger partial charge is 0.465 e. The second-order valence-corrected chi connectivity index (χ2v) is 3.38. The van der Waals surface area contributed by atoms with E-state index in [0.717, 1.165) is 20.1 Å². The average Bonchev–Trinajstić information content (AvgIpc) is 2.27. The fraction of sp³-hybridized carbons (Fsp3) is 0.400. The minimum atomic E-state index is -4.50. The number of ether oxygens (including phenoxy) is 2. The predicted molar refractivity (Wildman–Crippen MR) is 56.1 cm³/mol. The molecule has 18 heavy (non-hydrogen) atoms. The van der Waals surface area contributed by atoms with Gasteiger partial charge in [0, 0.05) is 6.07 Å². The normalized spacial score (nSPS) is 12.9. The van der Waals surface area contributed by atoms with E-state index in [1.807, 2.05) is 0 Å². The second kappa shape index (κ2) is 5.11. The summed E-state index contributed by atoms with van der Waals surface area (Å²) in [5, 5.41) is 0. The first-order valence-electron chi connectivity index (χ1n) is 4.84. The lowest BCUT2D eigenvalue weighted by molar-refractivity contribution is -0.189. The van der Waals surface area contributed by atoms with Crippen molar-refractivity contribution in [2.75, 3.05) is 12.8 Å². The van der Waals surface area contributed by atoms with Gasteiger partial charge in [0.25, 0.3) is 0 Å². The van der Waals surface area contributed by atoms with Gasteiger partial charge in [-0.25, -0.2) is 4.79 Å². The fourth-order valence-corrected chi connectivity index (χ4v) is 1.05. The molecule has 1 atom stereocenters. The Labute approximate surface area is 101 Å². The van der Waals surface area contributed by atoms with E-state index in [0.29, 0.717) is 0 Å². The molecular weight excluding hydrogens is 253 g/mol. The van der Waals surface area contributed by atoms with Crippen LogP contribution in [0.3, 0.4) is 0 Å². The maximum absolute atomic E-state index is 12.2. The lowest BCUT2D eigenvalue weighted by Gasteiger charge is -2.17. The molecule has 0 amide bonds. The van der Waals surface area contributed by atoms with Gasteiger partial charge in [0.2, 0.25) is 5.88 Å². The van der Waals surface area contributed by atoms with Gasteiger partial charge in [-0.15, -0.1) is 0 Å². The van der Waals surface area contributed by atoms with E-state index in [4.69, 9.17) is 5.73 Å². The van der Waals surface area contributed by atoms with Crippen molar-refractivity contribution in [1.82, 2.24) is 4.98 Å². The summed E-state index contributed by atoms with van der Waals surface area (Å²) >= 11 is 0. The number of pyridine rings is 1. The Hall–Kier alpha value is -1.99. The number of hydrogen-bond acceptors (Lipinski definition) is 5. The number of methoxy groups -OCH3 is 1. The van der Waals surface area contributed by atoms with Gasteiger partial charge in [-0.2, -0.15) is 18.2 Å². The average molecular weight is 264 g/mol. The highest BCUT2D eigenvalue weighted by molar-refractivity contribution is 5.94. The van der Waals surface area contributed by atoms with E-state index in [1.165, 1.54) is 6.07 Å². The SMILES string of the molecule is COC(=O)c1ccc(OC(C)C(F)(F)F)nc1N. The number of nitrogen functional groups attached to an aromatic ring is 1. The zero-order valence-electron chi connectivity index (χ0n) is 9.62. The van der Waals surface area contributed by atoms with Crippen molar-refractivity contribution in [2.45, 2.75) is 19.2 Å². The summed E-state index contributed by atoms with van der Waals surface area (Å²) in [7, 11) is 1.15. The van der Waals surface area contributed by atoms with Crippen molar-refractivity contribution in [3.63, 3.8) is 0 Å². The van der Waals surface area contributed by atoms with Gasteiger partial charge in [0.05, 0.1) is 7.11 Å². The number of carbonyl (C=O) groups is 1. The minimum absolute atomic E-state index is 0.0375. The number of aromatic nitrogens is 1. The summed E-state index contributed by atoms with van der Waals surface area (Å²) in [6.07, 6.45) is -6.52. The molecule has 0 spiro atoms. The molecule has 8 heteroatoms. The molecule has 0 saturated heterocycles. The van der Waals surface area contributed by atoms with Gasteiger partial charge in [0.15, 0.2) is 6.10 Å². The quantitative estimate of drug-likeness (QED) is 0.842. The summed E-state index contributed by atoms with van der Waals surface area (Å²) in [4.78, 5) is 14.7. The highest BCUT2D eigenvalue weighted by Gasteiger charge is 2.38. The summed E-state index contributed by atoms with van der Waals surface area (Å²) in [6.45, 7) is 0.839. The molecule has 1 aromatic heterocycles. The van der Waals surface area contributed by atoms with Gasteiger partial charge in [-0.05, 0) is 13.0 Å². The highest BCUT2D eigenvalue weighted by Crippen LogP contribution is 2.25.